The smallest absolute Gasteiger partial charge is 0.348 e. The third-order valence-electron chi connectivity index (χ3n) is 10.3. The van der Waals surface area contributed by atoms with Crippen LogP contribution >= 0.6 is 0 Å². The van der Waals surface area contributed by atoms with Crippen LogP contribution in [-0.4, -0.2) is 63.6 Å². The van der Waals surface area contributed by atoms with Crippen LogP contribution < -0.4 is 42.5 Å². The molecule has 276 valence electrons. The first-order valence-corrected chi connectivity index (χ1v) is 17.9. The van der Waals surface area contributed by atoms with E-state index < -0.39 is 52.8 Å². The topological polar surface area (TPSA) is 181 Å². The number of nitrogens with zero attached hydrogens (tertiary/aromatic N) is 3. The van der Waals surface area contributed by atoms with E-state index in [4.69, 9.17) is 15.2 Å². The predicted octanol–water partition coefficient (Wildman–Crippen LogP) is 1.50. The predicted molar refractivity (Wildman–Crippen MR) is 195 cm³/mol. The summed E-state index contributed by atoms with van der Waals surface area (Å²) >= 11 is 0. The molecule has 1 fully saturated rings. The van der Waals surface area contributed by atoms with Gasteiger partial charge in [0, 0.05) is 0 Å². The highest BCUT2D eigenvalue weighted by molar-refractivity contribution is 5.92. The molecule has 4 aromatic rings. The van der Waals surface area contributed by atoms with Crippen LogP contribution in [-0.2, 0) is 39.3 Å². The van der Waals surface area contributed by atoms with E-state index in [9.17, 15) is 24.0 Å². The Balaban J connectivity index is 1.17. The van der Waals surface area contributed by atoms with Crippen molar-refractivity contribution in [2.24, 2.45) is 5.73 Å². The van der Waals surface area contributed by atoms with E-state index in [1.165, 1.54) is 9.36 Å². The number of primary amides is 1. The zero-order valence-corrected chi connectivity index (χ0v) is 29.2. The van der Waals surface area contributed by atoms with Crippen molar-refractivity contribution in [3.8, 4) is 11.5 Å². The van der Waals surface area contributed by atoms with Gasteiger partial charge in [-0.15, -0.1) is 0 Å². The number of nitrogens with two attached hydrogens (primary N) is 1. The number of ether oxygens (including phenoxy) is 2. The summed E-state index contributed by atoms with van der Waals surface area (Å²) < 4.78 is 14.7. The van der Waals surface area contributed by atoms with Crippen molar-refractivity contribution >= 4 is 17.7 Å². The number of aromatic nitrogens is 3. The summed E-state index contributed by atoms with van der Waals surface area (Å²) in [7, 11) is 0. The van der Waals surface area contributed by atoms with E-state index in [1.54, 1.807) is 24.3 Å². The molecule has 1 saturated heterocycles. The van der Waals surface area contributed by atoms with Crippen LogP contribution in [0.2, 0.25) is 0 Å². The number of piperidine rings is 1. The highest BCUT2D eigenvalue weighted by Gasteiger charge is 2.43. The maximum Gasteiger partial charge on any atom is 0.348 e. The number of aryl methyl sites for hydroxylation is 2. The van der Waals surface area contributed by atoms with Crippen molar-refractivity contribution in [2.45, 2.75) is 68.7 Å². The van der Waals surface area contributed by atoms with E-state index in [0.29, 0.717) is 55.8 Å². The zero-order valence-electron chi connectivity index (χ0n) is 29.2. The first-order chi connectivity index (χ1) is 25.7. The van der Waals surface area contributed by atoms with Gasteiger partial charge in [0.2, 0.25) is 24.5 Å². The molecule has 3 aliphatic rings. The Morgan fingerprint density at radius 1 is 0.811 bits per heavy atom. The fourth-order valence-corrected chi connectivity index (χ4v) is 7.36. The van der Waals surface area contributed by atoms with E-state index in [0.717, 1.165) is 15.7 Å². The minimum Gasteiger partial charge on any atom is -0.454 e. The van der Waals surface area contributed by atoms with Crippen molar-refractivity contribution in [2.75, 3.05) is 19.9 Å². The Kier molecular flexibility index (Phi) is 10.3. The molecular formula is C39H43N7O7. The van der Waals surface area contributed by atoms with Crippen LogP contribution in [0.25, 0.3) is 0 Å². The summed E-state index contributed by atoms with van der Waals surface area (Å²) in [4.78, 5) is 69.1. The molecule has 5 N–H and O–H groups in total. The van der Waals surface area contributed by atoms with Gasteiger partial charge in [-0.25, -0.2) is 23.5 Å². The summed E-state index contributed by atoms with van der Waals surface area (Å²) in [6.07, 6.45) is 5.97. The number of allylic oxidation sites excluding steroid dienone is 1. The van der Waals surface area contributed by atoms with Gasteiger partial charge < -0.3 is 31.2 Å². The van der Waals surface area contributed by atoms with Crippen LogP contribution in [0.5, 0.6) is 11.5 Å². The Labute approximate surface area is 305 Å². The highest BCUT2D eigenvalue weighted by atomic mass is 16.7. The van der Waals surface area contributed by atoms with E-state index in [1.807, 2.05) is 66.7 Å². The van der Waals surface area contributed by atoms with Crippen molar-refractivity contribution in [1.29, 1.82) is 0 Å². The molecule has 0 saturated carbocycles. The number of fused-ring (bicyclic) bond motifs is 3. The number of hydrogen-bond acceptors (Lipinski definition) is 8. The first kappa shape index (κ1) is 35.5. The number of benzene rings is 3. The Hall–Kier alpha value is -5.89. The molecule has 0 radical (unpaired) electrons. The normalized spacial score (nSPS) is 17.8. The summed E-state index contributed by atoms with van der Waals surface area (Å²) in [5.74, 6) is -0.816. The number of amides is 3. The molecule has 0 aliphatic carbocycles. The van der Waals surface area contributed by atoms with E-state index in [2.05, 4.69) is 16.0 Å². The fraction of sp³-hybridized carbons (Fsp3) is 0.359. The molecule has 3 atom stereocenters. The second kappa shape index (κ2) is 15.4. The van der Waals surface area contributed by atoms with E-state index >= 15 is 0 Å². The fourth-order valence-electron chi connectivity index (χ4n) is 7.36. The second-order valence-corrected chi connectivity index (χ2v) is 13.7. The molecule has 53 heavy (non-hydrogen) atoms. The Morgan fingerprint density at radius 3 is 2.11 bits per heavy atom. The first-order valence-electron chi connectivity index (χ1n) is 17.9. The molecule has 4 heterocycles. The van der Waals surface area contributed by atoms with Crippen molar-refractivity contribution < 1.29 is 23.9 Å². The number of hydrogen-bond donors (Lipinski definition) is 4. The lowest BCUT2D eigenvalue weighted by Crippen LogP contribution is -2.56. The van der Waals surface area contributed by atoms with Gasteiger partial charge in [-0.1, -0.05) is 78.9 Å². The number of carbonyl (C=O) groups is 3. The third-order valence-corrected chi connectivity index (χ3v) is 10.3. The van der Waals surface area contributed by atoms with Crippen LogP contribution in [0, 0.1) is 0 Å². The minimum atomic E-state index is -1.23. The maximum absolute atomic E-state index is 14.3. The standard InChI is InChI=1S/C39H43N7O7/c40-34(47)29(14-11-26-7-3-1-4-8-26)42-35(48)30(15-12-27-9-5-2-6-10-27)43-36(49)31-17-18-39(19-21-41-22-20-39)46-38(51)44(37(50)45(31)46)24-28-13-16-32-33(23-28)53-25-52-32/h1-10,13,16-18,23,29-31,41H,11-12,14-15,19-22,24-25H2,(H2,40,47)(H,42,48)(H,43,49)/t29-,30-,31?/m0/s1. The van der Waals surface area contributed by atoms with Crippen molar-refractivity contribution in [3.05, 3.63) is 129 Å². The van der Waals surface area contributed by atoms with Crippen LogP contribution in [0.15, 0.2) is 101 Å². The van der Waals surface area contributed by atoms with Crippen LogP contribution in [0.4, 0.5) is 0 Å². The van der Waals surface area contributed by atoms with Gasteiger partial charge in [0.15, 0.2) is 17.5 Å². The molecule has 3 aliphatic heterocycles. The summed E-state index contributed by atoms with van der Waals surface area (Å²) in [5, 5.41) is 8.93. The number of carbonyl (C=O) groups excluding carboxylic acids is 3. The average molecular weight is 722 g/mol. The van der Waals surface area contributed by atoms with Gasteiger partial charge in [0.25, 0.3) is 0 Å². The lowest BCUT2D eigenvalue weighted by molar-refractivity contribution is -0.132. The Bertz CT molecular complexity index is 2120. The molecule has 14 heteroatoms. The molecule has 3 amide bonds. The average Bonchev–Trinajstić information content (AvgIpc) is 3.75. The molecule has 3 aromatic carbocycles. The van der Waals surface area contributed by atoms with Gasteiger partial charge in [0.1, 0.15) is 12.1 Å². The summed E-state index contributed by atoms with van der Waals surface area (Å²) in [5.41, 5.74) is 6.29. The summed E-state index contributed by atoms with van der Waals surface area (Å²) in [6.45, 7) is 1.26. The zero-order chi connectivity index (χ0) is 37.0. The van der Waals surface area contributed by atoms with Gasteiger partial charge in [0.05, 0.1) is 12.1 Å². The molecule has 1 spiro atoms. The monoisotopic (exact) mass is 721 g/mol. The quantitative estimate of drug-likeness (QED) is 0.150. The maximum atomic E-state index is 14.3. The highest BCUT2D eigenvalue weighted by Crippen LogP contribution is 2.34. The lowest BCUT2D eigenvalue weighted by Gasteiger charge is -2.40. The largest absolute Gasteiger partial charge is 0.454 e. The number of nitrogens with one attached hydrogen (secondary N) is 3. The molecule has 7 rings (SSSR count). The molecular weight excluding hydrogens is 678 g/mol. The molecule has 0 bridgehead atoms. The number of rotatable bonds is 13. The Morgan fingerprint density at radius 2 is 1.45 bits per heavy atom. The third kappa shape index (κ3) is 7.54. The van der Waals surface area contributed by atoms with Crippen molar-refractivity contribution in [3.63, 3.8) is 0 Å². The molecule has 1 unspecified atom stereocenters. The van der Waals surface area contributed by atoms with Crippen LogP contribution in [0.1, 0.15) is 48.4 Å². The van der Waals surface area contributed by atoms with Crippen LogP contribution in [0.3, 0.4) is 0 Å². The molecule has 1 aromatic heterocycles. The van der Waals surface area contributed by atoms with E-state index in [-0.39, 0.29) is 26.2 Å². The van der Waals surface area contributed by atoms with Gasteiger partial charge in [-0.2, -0.15) is 0 Å². The van der Waals surface area contributed by atoms with Gasteiger partial charge >= 0.3 is 11.4 Å². The second-order valence-electron chi connectivity index (χ2n) is 13.7. The van der Waals surface area contributed by atoms with Gasteiger partial charge in [-0.05, 0) is 80.4 Å². The SMILES string of the molecule is NC(=O)[C@H](CCc1ccccc1)NC(=O)[C@H](CCc1ccccc1)NC(=O)C1C=CC2(CCNCC2)n2c(=O)n(Cc3ccc4c(c3)OCO4)c(=O)n21. The van der Waals surface area contributed by atoms with Gasteiger partial charge in [-0.3, -0.25) is 14.4 Å². The van der Waals surface area contributed by atoms with Crippen molar-refractivity contribution in [1.82, 2.24) is 29.9 Å². The molecule has 14 nitrogen and oxygen atoms in total. The summed E-state index contributed by atoms with van der Waals surface area (Å²) in [6, 6.07) is 21.0. The lowest BCUT2D eigenvalue weighted by atomic mass is 9.86. The minimum absolute atomic E-state index is 0.0520.